The van der Waals surface area contributed by atoms with Crippen LogP contribution in [-0.4, -0.2) is 12.1 Å². The Balaban J connectivity index is 3.24. The fraction of sp³-hybridized carbons (Fsp3) is 0.400. The van der Waals surface area contributed by atoms with Crippen molar-refractivity contribution in [2.45, 2.75) is 19.8 Å². The van der Waals surface area contributed by atoms with E-state index in [9.17, 15) is 8.78 Å². The summed E-state index contributed by atoms with van der Waals surface area (Å²) < 4.78 is 29.8. The number of hydrogen-bond acceptors (Lipinski definition) is 3. The Bertz CT molecular complexity index is 399. The highest BCUT2D eigenvalue weighted by atomic mass is 19.3. The zero-order valence-corrected chi connectivity index (χ0v) is 8.42. The second-order valence-corrected chi connectivity index (χ2v) is 2.99. The monoisotopic (exact) mass is 212 g/mol. The van der Waals surface area contributed by atoms with Crippen molar-refractivity contribution in [3.63, 3.8) is 0 Å². The first-order valence-corrected chi connectivity index (χ1v) is 4.29. The van der Waals surface area contributed by atoms with Crippen molar-refractivity contribution in [3.8, 4) is 11.9 Å². The van der Waals surface area contributed by atoms with E-state index >= 15 is 0 Å². The first-order chi connectivity index (χ1) is 7.10. The molecular formula is C10H10F2N2O. The molecule has 3 nitrogen and oxygen atoms in total. The zero-order chi connectivity index (χ0) is 11.4. The minimum absolute atomic E-state index is 0.0890. The van der Waals surface area contributed by atoms with Crippen LogP contribution in [-0.2, 0) is 6.42 Å². The van der Waals surface area contributed by atoms with Gasteiger partial charge in [0, 0.05) is 0 Å². The molecule has 15 heavy (non-hydrogen) atoms. The fourth-order valence-electron chi connectivity index (χ4n) is 1.23. The molecule has 0 saturated heterocycles. The topological polar surface area (TPSA) is 45.9 Å². The van der Waals surface area contributed by atoms with Crippen molar-refractivity contribution < 1.29 is 13.5 Å². The van der Waals surface area contributed by atoms with Crippen LogP contribution in [0.3, 0.4) is 0 Å². The number of alkyl halides is 2. The highest BCUT2D eigenvalue weighted by molar-refractivity contribution is 5.35. The summed E-state index contributed by atoms with van der Waals surface area (Å²) in [5, 5.41) is 8.51. The van der Waals surface area contributed by atoms with Crippen molar-refractivity contribution in [2.75, 3.05) is 7.11 Å². The number of pyridine rings is 1. The Labute approximate surface area is 86.3 Å². The predicted molar refractivity (Wildman–Crippen MR) is 49.8 cm³/mol. The lowest BCUT2D eigenvalue weighted by molar-refractivity contribution is 0.146. The molecule has 0 aromatic carbocycles. The SMILES string of the molecule is COc1nc(CC#N)c(C)cc1C(F)F. The van der Waals surface area contributed by atoms with E-state index in [1.54, 1.807) is 6.92 Å². The van der Waals surface area contributed by atoms with Crippen molar-refractivity contribution in [1.29, 1.82) is 5.26 Å². The summed E-state index contributed by atoms with van der Waals surface area (Å²) in [4.78, 5) is 3.88. The van der Waals surface area contributed by atoms with Gasteiger partial charge in [-0.15, -0.1) is 0 Å². The lowest BCUT2D eigenvalue weighted by Gasteiger charge is -2.10. The Kier molecular flexibility index (Phi) is 3.56. The molecule has 0 radical (unpaired) electrons. The number of hydrogen-bond donors (Lipinski definition) is 0. The number of halogens is 2. The number of rotatable bonds is 3. The molecule has 0 saturated carbocycles. The van der Waals surface area contributed by atoms with Gasteiger partial charge in [-0.25, -0.2) is 13.8 Å². The van der Waals surface area contributed by atoms with Crippen LogP contribution in [0, 0.1) is 18.3 Å². The lowest BCUT2D eigenvalue weighted by Crippen LogP contribution is -2.01. The van der Waals surface area contributed by atoms with Crippen molar-refractivity contribution in [1.82, 2.24) is 4.98 Å². The first-order valence-electron chi connectivity index (χ1n) is 4.29. The van der Waals surface area contributed by atoms with Gasteiger partial charge in [0.15, 0.2) is 0 Å². The Morgan fingerprint density at radius 2 is 2.27 bits per heavy atom. The van der Waals surface area contributed by atoms with Gasteiger partial charge >= 0.3 is 0 Å². The van der Waals surface area contributed by atoms with Gasteiger partial charge in [-0.1, -0.05) is 0 Å². The van der Waals surface area contributed by atoms with Gasteiger partial charge in [0.2, 0.25) is 5.88 Å². The Hall–Kier alpha value is -1.70. The lowest BCUT2D eigenvalue weighted by atomic mass is 10.1. The van der Waals surface area contributed by atoms with E-state index in [2.05, 4.69) is 4.98 Å². The predicted octanol–water partition coefficient (Wildman–Crippen LogP) is 2.40. The van der Waals surface area contributed by atoms with Crippen molar-refractivity contribution >= 4 is 0 Å². The molecular weight excluding hydrogens is 202 g/mol. The van der Waals surface area contributed by atoms with E-state index in [-0.39, 0.29) is 17.9 Å². The molecule has 0 amide bonds. The third-order valence-corrected chi connectivity index (χ3v) is 1.99. The molecule has 0 unspecified atom stereocenters. The minimum atomic E-state index is -2.62. The van der Waals surface area contributed by atoms with Gasteiger partial charge in [0.25, 0.3) is 6.43 Å². The standard InChI is InChI=1S/C10H10F2N2O/c1-6-5-7(9(11)12)10(15-2)14-8(6)3-4-13/h5,9H,3H2,1-2H3. The van der Waals surface area contributed by atoms with E-state index in [0.717, 1.165) is 0 Å². The Morgan fingerprint density at radius 3 is 2.73 bits per heavy atom. The molecule has 0 aliphatic carbocycles. The summed E-state index contributed by atoms with van der Waals surface area (Å²) in [5.41, 5.74) is 0.808. The maximum atomic E-state index is 12.5. The van der Waals surface area contributed by atoms with Crippen LogP contribution < -0.4 is 4.74 Å². The van der Waals surface area contributed by atoms with E-state index in [1.807, 2.05) is 6.07 Å². The van der Waals surface area contributed by atoms with Crippen LogP contribution in [0.1, 0.15) is 23.2 Å². The largest absolute Gasteiger partial charge is 0.481 e. The molecule has 0 fully saturated rings. The van der Waals surface area contributed by atoms with Gasteiger partial charge in [0.1, 0.15) is 0 Å². The summed E-state index contributed by atoms with van der Waals surface area (Å²) >= 11 is 0. The smallest absolute Gasteiger partial charge is 0.269 e. The Morgan fingerprint density at radius 1 is 1.60 bits per heavy atom. The van der Waals surface area contributed by atoms with E-state index in [0.29, 0.717) is 11.3 Å². The van der Waals surface area contributed by atoms with Gasteiger partial charge in [-0.2, -0.15) is 5.26 Å². The van der Waals surface area contributed by atoms with E-state index in [4.69, 9.17) is 10.00 Å². The maximum absolute atomic E-state index is 12.5. The third kappa shape index (κ3) is 2.40. The molecule has 0 atom stereocenters. The van der Waals surface area contributed by atoms with E-state index in [1.165, 1.54) is 13.2 Å². The van der Waals surface area contributed by atoms with Crippen LogP contribution in [0.25, 0.3) is 0 Å². The molecule has 1 rings (SSSR count). The highest BCUT2D eigenvalue weighted by Crippen LogP contribution is 2.29. The van der Waals surface area contributed by atoms with Gasteiger partial charge in [0.05, 0.1) is 30.9 Å². The highest BCUT2D eigenvalue weighted by Gasteiger charge is 2.17. The first kappa shape index (κ1) is 11.4. The second-order valence-electron chi connectivity index (χ2n) is 2.99. The molecule has 0 aliphatic heterocycles. The number of methoxy groups -OCH3 is 1. The summed E-state index contributed by atoms with van der Waals surface area (Å²) in [6, 6.07) is 3.23. The van der Waals surface area contributed by atoms with Crippen LogP contribution in [0.15, 0.2) is 6.07 Å². The van der Waals surface area contributed by atoms with Crippen LogP contribution in [0.2, 0.25) is 0 Å². The van der Waals surface area contributed by atoms with Gasteiger partial charge < -0.3 is 4.74 Å². The third-order valence-electron chi connectivity index (χ3n) is 1.99. The molecule has 1 aromatic rings. The number of aromatic nitrogens is 1. The molecule has 0 bridgehead atoms. The minimum Gasteiger partial charge on any atom is -0.481 e. The van der Waals surface area contributed by atoms with Gasteiger partial charge in [-0.3, -0.25) is 0 Å². The normalized spacial score (nSPS) is 10.1. The van der Waals surface area contributed by atoms with E-state index < -0.39 is 6.43 Å². The molecule has 1 heterocycles. The fourth-order valence-corrected chi connectivity index (χ4v) is 1.23. The molecule has 80 valence electrons. The number of nitrogens with zero attached hydrogens (tertiary/aromatic N) is 2. The number of ether oxygens (including phenoxy) is 1. The quantitative estimate of drug-likeness (QED) is 0.772. The van der Waals surface area contributed by atoms with Gasteiger partial charge in [-0.05, 0) is 18.6 Å². The second kappa shape index (κ2) is 4.69. The summed E-state index contributed by atoms with van der Waals surface area (Å²) in [6.45, 7) is 1.64. The van der Waals surface area contributed by atoms with Crippen LogP contribution in [0.5, 0.6) is 5.88 Å². The zero-order valence-electron chi connectivity index (χ0n) is 8.42. The molecule has 0 N–H and O–H groups in total. The molecule has 0 aliphatic rings. The molecule has 1 aromatic heterocycles. The average Bonchev–Trinajstić information content (AvgIpc) is 2.20. The van der Waals surface area contributed by atoms with Crippen LogP contribution >= 0.6 is 0 Å². The van der Waals surface area contributed by atoms with Crippen LogP contribution in [0.4, 0.5) is 8.78 Å². The molecule has 0 spiro atoms. The average molecular weight is 212 g/mol. The molecule has 5 heteroatoms. The number of nitriles is 1. The van der Waals surface area contributed by atoms with Crippen molar-refractivity contribution in [2.24, 2.45) is 0 Å². The number of aryl methyl sites for hydroxylation is 1. The summed E-state index contributed by atoms with van der Waals surface area (Å²) in [6.07, 6.45) is -2.53. The summed E-state index contributed by atoms with van der Waals surface area (Å²) in [5.74, 6) is -0.110. The van der Waals surface area contributed by atoms with Crippen molar-refractivity contribution in [3.05, 3.63) is 22.9 Å². The maximum Gasteiger partial charge on any atom is 0.269 e. The summed E-state index contributed by atoms with van der Waals surface area (Å²) in [7, 11) is 1.28.